The van der Waals surface area contributed by atoms with Crippen molar-refractivity contribution in [1.82, 2.24) is 19.8 Å². The second-order valence-electron chi connectivity index (χ2n) is 5.27. The monoisotopic (exact) mass is 320 g/mol. The van der Waals surface area contributed by atoms with E-state index < -0.39 is 0 Å². The first-order valence-electron chi connectivity index (χ1n) is 7.73. The van der Waals surface area contributed by atoms with Gasteiger partial charge in [0.1, 0.15) is 5.75 Å². The molecule has 0 amide bonds. The molecule has 6 nitrogen and oxygen atoms in total. The average molecular weight is 320 g/mol. The first-order chi connectivity index (χ1) is 11.8. The molecule has 0 aliphatic heterocycles. The third-order valence-electron chi connectivity index (χ3n) is 3.86. The fourth-order valence-corrected chi connectivity index (χ4v) is 2.72. The Morgan fingerprint density at radius 3 is 2.42 bits per heavy atom. The maximum absolute atomic E-state index is 5.72. The summed E-state index contributed by atoms with van der Waals surface area (Å²) in [6, 6.07) is 15.6. The summed E-state index contributed by atoms with van der Waals surface area (Å²) in [6.45, 7) is 2.49. The standard InChI is InChI=1S/C18H16N4O2/c1-3-24-18-15-7-5-4-6-14(15)17-20-19-16(22(17)21-18)12-8-10-13(23-2)11-9-12/h4-11H,3H2,1-2H3. The highest BCUT2D eigenvalue weighted by molar-refractivity contribution is 5.97. The van der Waals surface area contributed by atoms with Gasteiger partial charge in [-0.3, -0.25) is 0 Å². The molecule has 0 bridgehead atoms. The summed E-state index contributed by atoms with van der Waals surface area (Å²) in [5.74, 6) is 2.04. The van der Waals surface area contributed by atoms with Gasteiger partial charge in [0.2, 0.25) is 5.88 Å². The van der Waals surface area contributed by atoms with Gasteiger partial charge in [-0.05, 0) is 37.3 Å². The molecule has 0 fully saturated rings. The number of hydrogen-bond acceptors (Lipinski definition) is 5. The van der Waals surface area contributed by atoms with Gasteiger partial charge >= 0.3 is 0 Å². The van der Waals surface area contributed by atoms with E-state index in [1.165, 1.54) is 0 Å². The van der Waals surface area contributed by atoms with E-state index in [-0.39, 0.29) is 0 Å². The van der Waals surface area contributed by atoms with Gasteiger partial charge in [0.25, 0.3) is 0 Å². The third kappa shape index (κ3) is 2.23. The molecule has 2 aromatic heterocycles. The Labute approximate surface area is 138 Å². The van der Waals surface area contributed by atoms with E-state index in [0.717, 1.165) is 22.1 Å². The summed E-state index contributed by atoms with van der Waals surface area (Å²) in [5, 5.41) is 15.2. The molecule has 0 radical (unpaired) electrons. The largest absolute Gasteiger partial charge is 0.497 e. The van der Waals surface area contributed by atoms with Crippen molar-refractivity contribution in [3.8, 4) is 23.0 Å². The number of benzene rings is 2. The van der Waals surface area contributed by atoms with Gasteiger partial charge in [0.05, 0.1) is 13.7 Å². The zero-order valence-corrected chi connectivity index (χ0v) is 13.4. The Balaban J connectivity index is 1.97. The highest BCUT2D eigenvalue weighted by Crippen LogP contribution is 2.29. The molecule has 0 aliphatic rings. The topological polar surface area (TPSA) is 61.5 Å². The number of nitrogens with zero attached hydrogens (tertiary/aromatic N) is 4. The van der Waals surface area contributed by atoms with Crippen LogP contribution < -0.4 is 9.47 Å². The van der Waals surface area contributed by atoms with Crippen LogP contribution in [-0.2, 0) is 0 Å². The zero-order chi connectivity index (χ0) is 16.5. The van der Waals surface area contributed by atoms with Crippen LogP contribution in [-0.4, -0.2) is 33.5 Å². The van der Waals surface area contributed by atoms with Gasteiger partial charge in [-0.15, -0.1) is 15.3 Å². The lowest BCUT2D eigenvalue weighted by Crippen LogP contribution is -2.02. The zero-order valence-electron chi connectivity index (χ0n) is 13.4. The molecule has 6 heteroatoms. The molecule has 24 heavy (non-hydrogen) atoms. The van der Waals surface area contributed by atoms with Gasteiger partial charge in [0.15, 0.2) is 11.5 Å². The van der Waals surface area contributed by atoms with E-state index in [1.54, 1.807) is 11.6 Å². The Bertz CT molecular complexity index is 1010. The van der Waals surface area contributed by atoms with E-state index in [9.17, 15) is 0 Å². The van der Waals surface area contributed by atoms with E-state index >= 15 is 0 Å². The number of rotatable bonds is 4. The second kappa shape index (κ2) is 5.81. The average Bonchev–Trinajstić information content (AvgIpc) is 3.06. The molecule has 2 aromatic carbocycles. The molecule has 0 atom stereocenters. The van der Waals surface area contributed by atoms with E-state index in [0.29, 0.717) is 24.0 Å². The van der Waals surface area contributed by atoms with Crippen LogP contribution in [0.4, 0.5) is 0 Å². The van der Waals surface area contributed by atoms with Crippen molar-refractivity contribution in [3.63, 3.8) is 0 Å². The van der Waals surface area contributed by atoms with Crippen LogP contribution in [0.2, 0.25) is 0 Å². The van der Waals surface area contributed by atoms with Crippen LogP contribution in [0, 0.1) is 0 Å². The van der Waals surface area contributed by atoms with E-state index in [4.69, 9.17) is 9.47 Å². The fourth-order valence-electron chi connectivity index (χ4n) is 2.72. The predicted molar refractivity (Wildman–Crippen MR) is 91.4 cm³/mol. The van der Waals surface area contributed by atoms with Crippen molar-refractivity contribution >= 4 is 16.4 Å². The van der Waals surface area contributed by atoms with Gasteiger partial charge in [-0.2, -0.15) is 4.52 Å². The van der Waals surface area contributed by atoms with Crippen LogP contribution in [0.25, 0.3) is 27.8 Å². The summed E-state index contributed by atoms with van der Waals surface area (Å²) in [5.41, 5.74) is 1.62. The lowest BCUT2D eigenvalue weighted by Gasteiger charge is -2.08. The SMILES string of the molecule is CCOc1nn2c(-c3ccc(OC)cc3)nnc2c2ccccc12. The smallest absolute Gasteiger partial charge is 0.239 e. The molecule has 4 rings (SSSR count). The molecular formula is C18H16N4O2. The van der Waals surface area contributed by atoms with Gasteiger partial charge < -0.3 is 9.47 Å². The second-order valence-corrected chi connectivity index (χ2v) is 5.27. The van der Waals surface area contributed by atoms with Crippen molar-refractivity contribution in [1.29, 1.82) is 0 Å². The van der Waals surface area contributed by atoms with Crippen LogP contribution in [0.5, 0.6) is 11.6 Å². The Morgan fingerprint density at radius 1 is 0.958 bits per heavy atom. The first kappa shape index (κ1) is 14.4. The Kier molecular flexibility index (Phi) is 3.49. The molecule has 0 saturated heterocycles. The minimum absolute atomic E-state index is 0.544. The third-order valence-corrected chi connectivity index (χ3v) is 3.86. The maximum atomic E-state index is 5.72. The molecular weight excluding hydrogens is 304 g/mol. The van der Waals surface area contributed by atoms with E-state index in [1.807, 2.05) is 55.5 Å². The van der Waals surface area contributed by atoms with Crippen LogP contribution in [0.15, 0.2) is 48.5 Å². The van der Waals surface area contributed by atoms with Crippen molar-refractivity contribution in [2.75, 3.05) is 13.7 Å². The number of ether oxygens (including phenoxy) is 2. The minimum atomic E-state index is 0.544. The van der Waals surface area contributed by atoms with Crippen molar-refractivity contribution in [2.45, 2.75) is 6.92 Å². The summed E-state index contributed by atoms with van der Waals surface area (Å²) in [4.78, 5) is 0. The summed E-state index contributed by atoms with van der Waals surface area (Å²) in [7, 11) is 1.64. The normalized spacial score (nSPS) is 11.1. The molecule has 0 unspecified atom stereocenters. The molecule has 2 heterocycles. The molecule has 0 spiro atoms. The number of hydrogen-bond donors (Lipinski definition) is 0. The van der Waals surface area contributed by atoms with Crippen LogP contribution >= 0.6 is 0 Å². The minimum Gasteiger partial charge on any atom is -0.497 e. The highest BCUT2D eigenvalue weighted by atomic mass is 16.5. The molecule has 0 saturated carbocycles. The first-order valence-corrected chi connectivity index (χ1v) is 7.73. The summed E-state index contributed by atoms with van der Waals surface area (Å²) in [6.07, 6.45) is 0. The van der Waals surface area contributed by atoms with Crippen LogP contribution in [0.1, 0.15) is 6.92 Å². The molecule has 120 valence electrons. The number of aromatic nitrogens is 4. The molecule has 0 aliphatic carbocycles. The quantitative estimate of drug-likeness (QED) is 0.577. The lowest BCUT2D eigenvalue weighted by atomic mass is 10.2. The van der Waals surface area contributed by atoms with Gasteiger partial charge in [-0.25, -0.2) is 0 Å². The number of fused-ring (bicyclic) bond motifs is 3. The summed E-state index contributed by atoms with van der Waals surface area (Å²) < 4.78 is 12.7. The van der Waals surface area contributed by atoms with Crippen LogP contribution in [0.3, 0.4) is 0 Å². The van der Waals surface area contributed by atoms with Gasteiger partial charge in [-0.1, -0.05) is 18.2 Å². The molecule has 0 N–H and O–H groups in total. The number of methoxy groups -OCH3 is 1. The Hall–Kier alpha value is -3.15. The van der Waals surface area contributed by atoms with Gasteiger partial charge in [0, 0.05) is 16.3 Å². The molecule has 4 aromatic rings. The predicted octanol–water partition coefficient (Wildman–Crippen LogP) is 3.35. The van der Waals surface area contributed by atoms with Crippen molar-refractivity contribution in [2.24, 2.45) is 0 Å². The maximum Gasteiger partial charge on any atom is 0.239 e. The van der Waals surface area contributed by atoms with Crippen molar-refractivity contribution in [3.05, 3.63) is 48.5 Å². The van der Waals surface area contributed by atoms with E-state index in [2.05, 4.69) is 15.3 Å². The lowest BCUT2D eigenvalue weighted by molar-refractivity contribution is 0.326. The van der Waals surface area contributed by atoms with Crippen molar-refractivity contribution < 1.29 is 9.47 Å². The highest BCUT2D eigenvalue weighted by Gasteiger charge is 2.15. The Morgan fingerprint density at radius 2 is 1.71 bits per heavy atom. The summed E-state index contributed by atoms with van der Waals surface area (Å²) >= 11 is 0. The fraction of sp³-hybridized carbons (Fsp3) is 0.167.